The van der Waals surface area contributed by atoms with E-state index in [1.165, 1.54) is 50.7 Å². The van der Waals surface area contributed by atoms with Gasteiger partial charge in [-0.05, 0) is 74.1 Å². The molecule has 0 saturated heterocycles. The van der Waals surface area contributed by atoms with E-state index in [-0.39, 0.29) is 11.8 Å². The van der Waals surface area contributed by atoms with E-state index in [9.17, 15) is 5.21 Å². The Morgan fingerprint density at radius 2 is 0.870 bits per heavy atom. The molecule has 0 radical (unpaired) electrons. The third kappa shape index (κ3) is 6.69. The van der Waals surface area contributed by atoms with Crippen molar-refractivity contribution >= 4 is 11.9 Å². The smallest absolute Gasteiger partial charge is 0.234 e. The van der Waals surface area contributed by atoms with Crippen LogP contribution in [0.5, 0.6) is 0 Å². The van der Waals surface area contributed by atoms with Crippen LogP contribution in [0.3, 0.4) is 0 Å². The number of hydrogen-bond donors (Lipinski definition) is 0. The first kappa shape index (κ1) is 30.7. The van der Waals surface area contributed by atoms with Crippen molar-refractivity contribution in [1.29, 1.82) is 0 Å². The van der Waals surface area contributed by atoms with Crippen molar-refractivity contribution in [3.8, 4) is 0 Å². The monoisotopic (exact) mass is 600 g/mol. The Kier molecular flexibility index (Phi) is 8.94. The molecule has 0 amide bonds. The standard InChI is InChI=1S/C43H40N2O/c1-29-9-17-34(18-10-29)41(35-19-11-30(2)12-20-35)39-26-33(5)27-40(43(39)44-28-38-8-6-7-25-45(38)46)42(36-21-13-31(3)14-22-36)37-23-15-32(4)16-24-37/h6-28,41-42H,1-5H3. The van der Waals surface area contributed by atoms with Gasteiger partial charge in [0.2, 0.25) is 5.69 Å². The van der Waals surface area contributed by atoms with Crippen LogP contribution < -0.4 is 4.73 Å². The molecule has 0 saturated carbocycles. The van der Waals surface area contributed by atoms with Crippen molar-refractivity contribution in [3.05, 3.63) is 206 Å². The molecule has 3 nitrogen and oxygen atoms in total. The fourth-order valence-corrected chi connectivity index (χ4v) is 6.24. The lowest BCUT2D eigenvalue weighted by Crippen LogP contribution is -2.30. The number of nitrogens with zero attached hydrogens (tertiary/aromatic N) is 2. The molecular formula is C43H40N2O. The van der Waals surface area contributed by atoms with Gasteiger partial charge in [0.15, 0.2) is 6.20 Å². The highest BCUT2D eigenvalue weighted by Crippen LogP contribution is 2.45. The van der Waals surface area contributed by atoms with E-state index < -0.39 is 0 Å². The highest BCUT2D eigenvalue weighted by Gasteiger charge is 2.27. The Balaban J connectivity index is 1.68. The van der Waals surface area contributed by atoms with Crippen molar-refractivity contribution in [3.63, 3.8) is 0 Å². The highest BCUT2D eigenvalue weighted by molar-refractivity contribution is 5.80. The van der Waals surface area contributed by atoms with E-state index in [1.807, 2.05) is 6.07 Å². The summed E-state index contributed by atoms with van der Waals surface area (Å²) in [4.78, 5) is 5.25. The summed E-state index contributed by atoms with van der Waals surface area (Å²) >= 11 is 0. The maximum absolute atomic E-state index is 12.8. The first-order valence-corrected chi connectivity index (χ1v) is 15.9. The van der Waals surface area contributed by atoms with Crippen LogP contribution in [-0.4, -0.2) is 6.21 Å². The van der Waals surface area contributed by atoms with Gasteiger partial charge in [-0.3, -0.25) is 0 Å². The third-order valence-corrected chi connectivity index (χ3v) is 8.76. The van der Waals surface area contributed by atoms with Crippen LogP contribution >= 0.6 is 0 Å². The fourth-order valence-electron chi connectivity index (χ4n) is 6.24. The van der Waals surface area contributed by atoms with Crippen LogP contribution in [-0.2, 0) is 0 Å². The predicted octanol–water partition coefficient (Wildman–Crippen LogP) is 9.97. The van der Waals surface area contributed by atoms with E-state index in [4.69, 9.17) is 4.99 Å². The lowest BCUT2D eigenvalue weighted by molar-refractivity contribution is -0.606. The molecule has 0 aliphatic heterocycles. The van der Waals surface area contributed by atoms with Gasteiger partial charge in [0, 0.05) is 24.0 Å². The Morgan fingerprint density at radius 3 is 1.22 bits per heavy atom. The van der Waals surface area contributed by atoms with Crippen molar-refractivity contribution in [2.75, 3.05) is 0 Å². The third-order valence-electron chi connectivity index (χ3n) is 8.76. The molecule has 0 aliphatic carbocycles. The summed E-state index contributed by atoms with van der Waals surface area (Å²) < 4.78 is 0.867. The second-order valence-electron chi connectivity index (χ2n) is 12.5. The number of pyridine rings is 1. The molecule has 0 unspecified atom stereocenters. The van der Waals surface area contributed by atoms with E-state index in [0.29, 0.717) is 5.69 Å². The van der Waals surface area contributed by atoms with Crippen molar-refractivity contribution < 1.29 is 4.73 Å². The van der Waals surface area contributed by atoms with E-state index in [0.717, 1.165) is 27.1 Å². The summed E-state index contributed by atoms with van der Waals surface area (Å²) in [6, 6.07) is 45.3. The van der Waals surface area contributed by atoms with Crippen molar-refractivity contribution in [2.45, 2.75) is 46.5 Å². The zero-order chi connectivity index (χ0) is 32.2. The van der Waals surface area contributed by atoms with Crippen LogP contribution in [0.15, 0.2) is 139 Å². The molecule has 0 fully saturated rings. The van der Waals surface area contributed by atoms with Gasteiger partial charge in [-0.15, -0.1) is 0 Å². The molecule has 0 N–H and O–H groups in total. The summed E-state index contributed by atoms with van der Waals surface area (Å²) in [7, 11) is 0. The second-order valence-corrected chi connectivity index (χ2v) is 12.5. The average molecular weight is 601 g/mol. The normalized spacial score (nSPS) is 11.5. The molecule has 1 aromatic heterocycles. The minimum atomic E-state index is -0.0705. The maximum Gasteiger partial charge on any atom is 0.234 e. The molecule has 0 spiro atoms. The summed E-state index contributed by atoms with van der Waals surface area (Å²) in [5.41, 5.74) is 14.4. The molecular weight excluding hydrogens is 560 g/mol. The molecule has 228 valence electrons. The van der Waals surface area contributed by atoms with E-state index in [1.54, 1.807) is 18.3 Å². The van der Waals surface area contributed by atoms with Gasteiger partial charge in [-0.25, -0.2) is 4.99 Å². The van der Waals surface area contributed by atoms with Crippen LogP contribution in [0.25, 0.3) is 0 Å². The highest BCUT2D eigenvalue weighted by atomic mass is 16.5. The summed E-state index contributed by atoms with van der Waals surface area (Å²) in [5, 5.41) is 12.8. The molecule has 3 heteroatoms. The minimum Gasteiger partial charge on any atom is -0.618 e. The quantitative estimate of drug-likeness (QED) is 0.0742. The molecule has 5 aromatic carbocycles. The maximum atomic E-state index is 12.8. The minimum absolute atomic E-state index is 0.0705. The Morgan fingerprint density at radius 1 is 0.500 bits per heavy atom. The van der Waals surface area contributed by atoms with Gasteiger partial charge < -0.3 is 5.21 Å². The van der Waals surface area contributed by atoms with Gasteiger partial charge in [-0.2, -0.15) is 4.73 Å². The number of benzene rings is 5. The number of rotatable bonds is 8. The number of aliphatic imine (C=N–C) groups is 1. The van der Waals surface area contributed by atoms with Crippen LogP contribution in [0, 0.1) is 39.8 Å². The van der Waals surface area contributed by atoms with Gasteiger partial charge in [-0.1, -0.05) is 137 Å². The molecule has 6 rings (SSSR count). The zero-order valence-electron chi connectivity index (χ0n) is 27.2. The molecule has 0 aliphatic rings. The fraction of sp³-hybridized carbons (Fsp3) is 0.163. The molecule has 46 heavy (non-hydrogen) atoms. The van der Waals surface area contributed by atoms with Gasteiger partial charge in [0.05, 0.1) is 5.69 Å². The largest absolute Gasteiger partial charge is 0.618 e. The summed E-state index contributed by atoms with van der Waals surface area (Å²) in [5.74, 6) is -0.141. The van der Waals surface area contributed by atoms with Crippen LogP contribution in [0.4, 0.5) is 5.69 Å². The first-order chi connectivity index (χ1) is 22.3. The number of aromatic nitrogens is 1. The first-order valence-electron chi connectivity index (χ1n) is 15.9. The lowest BCUT2D eigenvalue weighted by atomic mass is 9.78. The van der Waals surface area contributed by atoms with Crippen LogP contribution in [0.1, 0.15) is 78.7 Å². The van der Waals surface area contributed by atoms with E-state index in [2.05, 4.69) is 144 Å². The van der Waals surface area contributed by atoms with Gasteiger partial charge in [0.25, 0.3) is 0 Å². The zero-order valence-corrected chi connectivity index (χ0v) is 27.2. The Labute approximate surface area is 273 Å². The lowest BCUT2D eigenvalue weighted by Gasteiger charge is -2.27. The van der Waals surface area contributed by atoms with Crippen molar-refractivity contribution in [2.24, 2.45) is 4.99 Å². The second kappa shape index (κ2) is 13.4. The number of aryl methyl sites for hydroxylation is 5. The predicted molar refractivity (Wildman–Crippen MR) is 190 cm³/mol. The topological polar surface area (TPSA) is 39.3 Å². The molecule has 6 aromatic rings. The summed E-state index contributed by atoms with van der Waals surface area (Å²) in [6.45, 7) is 10.7. The van der Waals surface area contributed by atoms with Crippen LogP contribution in [0.2, 0.25) is 0 Å². The SMILES string of the molecule is Cc1ccc(C(c2ccc(C)cc2)c2cc(C)cc(C(c3ccc(C)cc3)c3ccc(C)cc3)c2N=Cc2cccc[n+]2[O-])cc1. The average Bonchev–Trinajstić information content (AvgIpc) is 3.05. The van der Waals surface area contributed by atoms with Gasteiger partial charge >= 0.3 is 0 Å². The molecule has 1 heterocycles. The summed E-state index contributed by atoms with van der Waals surface area (Å²) in [6.07, 6.45) is 3.23. The van der Waals surface area contributed by atoms with E-state index >= 15 is 0 Å². The van der Waals surface area contributed by atoms with Gasteiger partial charge in [0.1, 0.15) is 6.21 Å². The Hall–Kier alpha value is -5.28. The molecule has 0 atom stereocenters. The van der Waals surface area contributed by atoms with Crippen molar-refractivity contribution in [1.82, 2.24) is 0 Å². The molecule has 0 bridgehead atoms. The number of hydrogen-bond acceptors (Lipinski definition) is 2. The Bertz CT molecular complexity index is 1760.